The van der Waals surface area contributed by atoms with Crippen LogP contribution in [0.1, 0.15) is 51.9 Å². The number of primary amides is 1. The standard InChI is InChI=1S/C10H19NO3/c1-2-3-4-5-6-7-8-9(12)14-10(11)13/h2-8H2,1H3,(H2,11,13). The average Bonchev–Trinajstić information content (AvgIpc) is 2.10. The smallest absolute Gasteiger partial charge is 0.376 e. The molecule has 1 amide bonds. The lowest BCUT2D eigenvalue weighted by molar-refractivity contribution is -0.137. The normalized spacial score (nSPS) is 9.79. The number of ether oxygens (including phenoxy) is 1. The summed E-state index contributed by atoms with van der Waals surface area (Å²) < 4.78 is 4.18. The van der Waals surface area contributed by atoms with E-state index in [-0.39, 0.29) is 6.42 Å². The van der Waals surface area contributed by atoms with Crippen molar-refractivity contribution in [3.05, 3.63) is 0 Å². The molecule has 0 heterocycles. The molecule has 4 nitrogen and oxygen atoms in total. The second-order valence-electron chi connectivity index (χ2n) is 3.31. The van der Waals surface area contributed by atoms with Gasteiger partial charge in [-0.25, -0.2) is 4.79 Å². The number of amides is 1. The summed E-state index contributed by atoms with van der Waals surface area (Å²) in [5, 5.41) is 0. The third kappa shape index (κ3) is 9.03. The van der Waals surface area contributed by atoms with E-state index < -0.39 is 12.1 Å². The van der Waals surface area contributed by atoms with E-state index >= 15 is 0 Å². The Morgan fingerprint density at radius 1 is 1.07 bits per heavy atom. The van der Waals surface area contributed by atoms with Crippen LogP contribution in [-0.4, -0.2) is 12.1 Å². The summed E-state index contributed by atoms with van der Waals surface area (Å²) in [7, 11) is 0. The summed E-state index contributed by atoms with van der Waals surface area (Å²) in [5.41, 5.74) is 4.68. The van der Waals surface area contributed by atoms with Gasteiger partial charge in [-0.15, -0.1) is 0 Å². The van der Waals surface area contributed by atoms with Crippen molar-refractivity contribution in [3.8, 4) is 0 Å². The predicted octanol–water partition coefficient (Wildman–Crippen LogP) is 2.36. The van der Waals surface area contributed by atoms with Crippen LogP contribution >= 0.6 is 0 Å². The maximum Gasteiger partial charge on any atom is 0.412 e. The number of carbonyl (C=O) groups is 2. The molecule has 0 aromatic rings. The minimum absolute atomic E-state index is 0.287. The highest BCUT2D eigenvalue weighted by Gasteiger charge is 2.05. The van der Waals surface area contributed by atoms with Gasteiger partial charge in [-0.05, 0) is 6.42 Å². The van der Waals surface area contributed by atoms with Gasteiger partial charge in [0.05, 0.1) is 0 Å². The van der Waals surface area contributed by atoms with Gasteiger partial charge in [0.1, 0.15) is 0 Å². The summed E-state index contributed by atoms with van der Waals surface area (Å²) in [4.78, 5) is 21.0. The largest absolute Gasteiger partial charge is 0.412 e. The van der Waals surface area contributed by atoms with Crippen molar-refractivity contribution < 1.29 is 14.3 Å². The Balaban J connectivity index is 3.19. The minimum atomic E-state index is -1.01. The van der Waals surface area contributed by atoms with Crippen molar-refractivity contribution in [2.24, 2.45) is 5.73 Å². The highest BCUT2D eigenvalue weighted by atomic mass is 16.6. The third-order valence-corrected chi connectivity index (χ3v) is 1.95. The highest BCUT2D eigenvalue weighted by molar-refractivity contribution is 5.83. The van der Waals surface area contributed by atoms with E-state index in [1.807, 2.05) is 0 Å². The molecule has 0 radical (unpaired) electrons. The van der Waals surface area contributed by atoms with Gasteiger partial charge in [0, 0.05) is 6.42 Å². The first-order valence-corrected chi connectivity index (χ1v) is 5.17. The predicted molar refractivity (Wildman–Crippen MR) is 53.7 cm³/mol. The fraction of sp³-hybridized carbons (Fsp3) is 0.800. The van der Waals surface area contributed by atoms with Crippen LogP contribution in [0.15, 0.2) is 0 Å². The van der Waals surface area contributed by atoms with Gasteiger partial charge in [0.2, 0.25) is 0 Å². The maximum atomic E-state index is 10.8. The summed E-state index contributed by atoms with van der Waals surface area (Å²) in [6.07, 6.45) is 5.86. The van der Waals surface area contributed by atoms with E-state index in [1.54, 1.807) is 0 Å². The molecule has 0 aromatic heterocycles. The zero-order valence-electron chi connectivity index (χ0n) is 8.75. The Kier molecular flexibility index (Phi) is 7.89. The fourth-order valence-corrected chi connectivity index (χ4v) is 1.21. The first-order chi connectivity index (χ1) is 6.66. The molecule has 0 aliphatic rings. The van der Waals surface area contributed by atoms with Crippen molar-refractivity contribution in [1.82, 2.24) is 0 Å². The number of hydrogen-bond acceptors (Lipinski definition) is 3. The van der Waals surface area contributed by atoms with E-state index in [4.69, 9.17) is 0 Å². The summed E-state index contributed by atoms with van der Waals surface area (Å²) in [6, 6.07) is 0. The molecule has 0 saturated heterocycles. The fourth-order valence-electron chi connectivity index (χ4n) is 1.21. The first-order valence-electron chi connectivity index (χ1n) is 5.17. The molecule has 4 heteroatoms. The summed E-state index contributed by atoms with van der Waals surface area (Å²) in [5.74, 6) is -0.520. The molecular formula is C10H19NO3. The zero-order valence-corrected chi connectivity index (χ0v) is 8.75. The van der Waals surface area contributed by atoms with Crippen LogP contribution < -0.4 is 5.73 Å². The molecule has 0 unspecified atom stereocenters. The Morgan fingerprint density at radius 2 is 1.64 bits per heavy atom. The van der Waals surface area contributed by atoms with Crippen molar-refractivity contribution in [2.45, 2.75) is 51.9 Å². The van der Waals surface area contributed by atoms with Gasteiger partial charge < -0.3 is 10.5 Å². The molecule has 2 N–H and O–H groups in total. The number of carbonyl (C=O) groups excluding carboxylic acids is 2. The summed E-state index contributed by atoms with van der Waals surface area (Å²) >= 11 is 0. The number of hydrogen-bond donors (Lipinski definition) is 1. The van der Waals surface area contributed by atoms with Crippen LogP contribution in [0.3, 0.4) is 0 Å². The van der Waals surface area contributed by atoms with Crippen LogP contribution in [0.25, 0.3) is 0 Å². The second kappa shape index (κ2) is 8.53. The van der Waals surface area contributed by atoms with E-state index in [2.05, 4.69) is 17.4 Å². The minimum Gasteiger partial charge on any atom is -0.376 e. The summed E-state index contributed by atoms with van der Waals surface area (Å²) in [6.45, 7) is 2.16. The van der Waals surface area contributed by atoms with Gasteiger partial charge in [-0.1, -0.05) is 39.0 Å². The van der Waals surface area contributed by atoms with Gasteiger partial charge in [0.25, 0.3) is 0 Å². The zero-order chi connectivity index (χ0) is 10.8. The van der Waals surface area contributed by atoms with E-state index in [0.717, 1.165) is 19.3 Å². The van der Waals surface area contributed by atoms with Crippen molar-refractivity contribution in [1.29, 1.82) is 0 Å². The first kappa shape index (κ1) is 12.9. The van der Waals surface area contributed by atoms with Crippen LogP contribution in [-0.2, 0) is 9.53 Å². The quantitative estimate of drug-likeness (QED) is 0.390. The van der Waals surface area contributed by atoms with Gasteiger partial charge in [0.15, 0.2) is 0 Å². The van der Waals surface area contributed by atoms with Crippen molar-refractivity contribution in [3.63, 3.8) is 0 Å². The molecule has 0 rings (SSSR count). The number of rotatable bonds is 7. The van der Waals surface area contributed by atoms with Crippen molar-refractivity contribution >= 4 is 12.1 Å². The van der Waals surface area contributed by atoms with Crippen LogP contribution in [0.5, 0.6) is 0 Å². The molecule has 0 atom stereocenters. The number of unbranched alkanes of at least 4 members (excludes halogenated alkanes) is 5. The Hall–Kier alpha value is -1.06. The average molecular weight is 201 g/mol. The molecular weight excluding hydrogens is 182 g/mol. The molecule has 0 aliphatic heterocycles. The third-order valence-electron chi connectivity index (χ3n) is 1.95. The van der Waals surface area contributed by atoms with E-state index in [9.17, 15) is 9.59 Å². The van der Waals surface area contributed by atoms with Gasteiger partial charge in [-0.3, -0.25) is 4.79 Å². The number of nitrogens with two attached hydrogens (primary N) is 1. The molecule has 0 fully saturated rings. The number of esters is 1. The van der Waals surface area contributed by atoms with Gasteiger partial charge in [-0.2, -0.15) is 0 Å². The highest BCUT2D eigenvalue weighted by Crippen LogP contribution is 2.07. The lowest BCUT2D eigenvalue weighted by Gasteiger charge is -2.00. The molecule has 0 spiro atoms. The second-order valence-corrected chi connectivity index (χ2v) is 3.31. The lowest BCUT2D eigenvalue weighted by atomic mass is 10.1. The van der Waals surface area contributed by atoms with Crippen LogP contribution in [0, 0.1) is 0 Å². The van der Waals surface area contributed by atoms with Crippen LogP contribution in [0.4, 0.5) is 4.79 Å². The topological polar surface area (TPSA) is 69.4 Å². The van der Waals surface area contributed by atoms with Gasteiger partial charge >= 0.3 is 12.1 Å². The van der Waals surface area contributed by atoms with E-state index in [0.29, 0.717) is 0 Å². The molecule has 0 aliphatic carbocycles. The monoisotopic (exact) mass is 201 g/mol. The van der Waals surface area contributed by atoms with Crippen molar-refractivity contribution in [2.75, 3.05) is 0 Å². The Labute approximate surface area is 84.8 Å². The molecule has 0 saturated carbocycles. The lowest BCUT2D eigenvalue weighted by Crippen LogP contribution is -2.18. The van der Waals surface area contributed by atoms with Crippen LogP contribution in [0.2, 0.25) is 0 Å². The molecule has 0 bridgehead atoms. The Bertz CT molecular complexity index is 180. The maximum absolute atomic E-state index is 10.8. The Morgan fingerprint density at radius 3 is 2.21 bits per heavy atom. The molecule has 14 heavy (non-hydrogen) atoms. The SMILES string of the molecule is CCCCCCCCC(=O)OC(N)=O. The molecule has 0 aromatic carbocycles. The van der Waals surface area contributed by atoms with E-state index in [1.165, 1.54) is 19.3 Å². The molecule has 82 valence electrons.